The van der Waals surface area contributed by atoms with E-state index in [0.29, 0.717) is 43.8 Å². The second kappa shape index (κ2) is 11.8. The first kappa shape index (κ1) is 24.7. The average Bonchev–Trinajstić information content (AvgIpc) is 2.79. The number of hydrogen-bond donors (Lipinski definition) is 2. The number of halogens is 2. The van der Waals surface area contributed by atoms with Gasteiger partial charge in [-0.3, -0.25) is 9.59 Å². The molecule has 176 valence electrons. The largest absolute Gasteiger partial charge is 0.480 e. The molecule has 2 aromatic rings. The molecule has 0 spiro atoms. The van der Waals surface area contributed by atoms with Gasteiger partial charge < -0.3 is 15.3 Å². The van der Waals surface area contributed by atoms with Crippen molar-refractivity contribution in [2.75, 3.05) is 13.1 Å². The predicted octanol–water partition coefficient (Wildman–Crippen LogP) is 3.85. The van der Waals surface area contributed by atoms with Crippen LogP contribution in [0.5, 0.6) is 0 Å². The van der Waals surface area contributed by atoms with E-state index >= 15 is 0 Å². The van der Waals surface area contributed by atoms with E-state index in [9.17, 15) is 23.9 Å². The lowest BCUT2D eigenvalue weighted by Crippen LogP contribution is -2.44. The van der Waals surface area contributed by atoms with Crippen LogP contribution in [0.3, 0.4) is 0 Å². The molecule has 1 atom stereocenters. The first-order valence-electron chi connectivity index (χ1n) is 11.1. The van der Waals surface area contributed by atoms with Gasteiger partial charge >= 0.3 is 5.97 Å². The van der Waals surface area contributed by atoms with Gasteiger partial charge in [0.05, 0.1) is 0 Å². The van der Waals surface area contributed by atoms with Gasteiger partial charge in [0.15, 0.2) is 0 Å². The zero-order valence-corrected chi connectivity index (χ0v) is 19.1. The molecule has 1 saturated heterocycles. The van der Waals surface area contributed by atoms with E-state index < -0.39 is 12.0 Å². The van der Waals surface area contributed by atoms with Crippen molar-refractivity contribution in [3.63, 3.8) is 0 Å². The van der Waals surface area contributed by atoms with Crippen molar-refractivity contribution >= 4 is 29.4 Å². The Balaban J connectivity index is 1.41. The van der Waals surface area contributed by atoms with E-state index in [-0.39, 0.29) is 36.4 Å². The van der Waals surface area contributed by atoms with Crippen LogP contribution in [-0.2, 0) is 27.2 Å². The number of amides is 2. The molecule has 0 radical (unpaired) electrons. The van der Waals surface area contributed by atoms with Crippen LogP contribution in [-0.4, -0.2) is 46.9 Å². The maximum Gasteiger partial charge on any atom is 0.326 e. The van der Waals surface area contributed by atoms with Crippen LogP contribution in [0.15, 0.2) is 48.5 Å². The molecule has 0 saturated carbocycles. The number of rotatable bonds is 9. The van der Waals surface area contributed by atoms with Crippen molar-refractivity contribution in [1.29, 1.82) is 0 Å². The number of likely N-dealkylation sites (tertiary alicyclic amines) is 1. The van der Waals surface area contributed by atoms with E-state index in [2.05, 4.69) is 5.32 Å². The molecule has 1 fully saturated rings. The van der Waals surface area contributed by atoms with Crippen LogP contribution in [0.1, 0.15) is 36.8 Å². The number of carboxylic acid groups (broad SMARTS) is 1. The standard InChI is InChI=1S/C25H28ClFN2O4/c26-20-7-4-18(5-8-20)15-22(25(32)33)28-23(30)16-19-10-12-29(13-11-19)24(31)9-6-17-2-1-3-21(27)14-17/h1-5,7-8,14,19,22H,6,9-13,15-16H2,(H,28,30)(H,32,33). The number of piperidine rings is 1. The normalized spacial score (nSPS) is 15.2. The molecular formula is C25H28ClFN2O4. The molecule has 2 amide bonds. The van der Waals surface area contributed by atoms with Gasteiger partial charge in [0.2, 0.25) is 11.8 Å². The van der Waals surface area contributed by atoms with Gasteiger partial charge in [-0.1, -0.05) is 35.9 Å². The van der Waals surface area contributed by atoms with E-state index in [1.807, 2.05) is 0 Å². The first-order chi connectivity index (χ1) is 15.8. The highest BCUT2D eigenvalue weighted by molar-refractivity contribution is 6.30. The average molecular weight is 475 g/mol. The molecule has 2 aromatic carbocycles. The van der Waals surface area contributed by atoms with Gasteiger partial charge in [-0.05, 0) is 60.6 Å². The molecule has 0 bridgehead atoms. The number of nitrogens with one attached hydrogen (secondary N) is 1. The maximum atomic E-state index is 13.3. The molecule has 2 N–H and O–H groups in total. The maximum absolute atomic E-state index is 13.3. The fourth-order valence-electron chi connectivity index (χ4n) is 4.06. The summed E-state index contributed by atoms with van der Waals surface area (Å²) in [5.41, 5.74) is 1.57. The summed E-state index contributed by atoms with van der Waals surface area (Å²) in [5.74, 6) is -1.57. The lowest BCUT2D eigenvalue weighted by atomic mass is 9.92. The summed E-state index contributed by atoms with van der Waals surface area (Å²) in [7, 11) is 0. The van der Waals surface area contributed by atoms with Crippen molar-refractivity contribution in [1.82, 2.24) is 10.2 Å². The number of aliphatic carboxylic acids is 1. The minimum absolute atomic E-state index is 0.0241. The number of carbonyl (C=O) groups is 3. The van der Waals surface area contributed by atoms with Crippen molar-refractivity contribution in [3.8, 4) is 0 Å². The third-order valence-electron chi connectivity index (χ3n) is 5.94. The predicted molar refractivity (Wildman–Crippen MR) is 123 cm³/mol. The van der Waals surface area contributed by atoms with Gasteiger partial charge in [0, 0.05) is 37.4 Å². The van der Waals surface area contributed by atoms with Crippen LogP contribution in [0.25, 0.3) is 0 Å². The van der Waals surface area contributed by atoms with E-state index in [1.54, 1.807) is 41.3 Å². The first-order valence-corrected chi connectivity index (χ1v) is 11.5. The summed E-state index contributed by atoms with van der Waals surface area (Å²) in [6, 6.07) is 12.1. The third kappa shape index (κ3) is 7.86. The molecule has 1 unspecified atom stereocenters. The molecule has 0 aliphatic carbocycles. The molecule has 1 aliphatic heterocycles. The summed E-state index contributed by atoms with van der Waals surface area (Å²) in [4.78, 5) is 38.3. The summed E-state index contributed by atoms with van der Waals surface area (Å²) in [5, 5.41) is 12.7. The van der Waals surface area contributed by atoms with Crippen LogP contribution >= 0.6 is 11.6 Å². The highest BCUT2D eigenvalue weighted by Gasteiger charge is 2.26. The zero-order valence-electron chi connectivity index (χ0n) is 18.3. The molecule has 6 nitrogen and oxygen atoms in total. The van der Waals surface area contributed by atoms with Crippen molar-refractivity contribution in [2.24, 2.45) is 5.92 Å². The Morgan fingerprint density at radius 3 is 2.42 bits per heavy atom. The Bertz CT molecular complexity index is 975. The fourth-order valence-corrected chi connectivity index (χ4v) is 4.19. The smallest absolute Gasteiger partial charge is 0.326 e. The van der Waals surface area contributed by atoms with Crippen LogP contribution in [0, 0.1) is 11.7 Å². The molecular weight excluding hydrogens is 447 g/mol. The van der Waals surface area contributed by atoms with Crippen molar-refractivity contribution in [3.05, 3.63) is 70.5 Å². The van der Waals surface area contributed by atoms with Crippen LogP contribution in [0.4, 0.5) is 4.39 Å². The molecule has 1 heterocycles. The molecule has 8 heteroatoms. The molecule has 33 heavy (non-hydrogen) atoms. The van der Waals surface area contributed by atoms with Gasteiger partial charge in [-0.2, -0.15) is 0 Å². The Hall–Kier alpha value is -2.93. The van der Waals surface area contributed by atoms with Crippen molar-refractivity contribution < 1.29 is 23.9 Å². The summed E-state index contributed by atoms with van der Waals surface area (Å²) in [6.07, 6.45) is 2.59. The van der Waals surface area contributed by atoms with E-state index in [1.165, 1.54) is 12.1 Å². The van der Waals surface area contributed by atoms with E-state index in [0.717, 1.165) is 11.1 Å². The molecule has 1 aliphatic rings. The zero-order chi connectivity index (χ0) is 23.8. The Morgan fingerprint density at radius 1 is 1.09 bits per heavy atom. The molecule has 0 aromatic heterocycles. The van der Waals surface area contributed by atoms with Gasteiger partial charge in [-0.25, -0.2) is 9.18 Å². The number of aryl methyl sites for hydroxylation is 1. The Morgan fingerprint density at radius 2 is 1.79 bits per heavy atom. The quantitative estimate of drug-likeness (QED) is 0.578. The number of nitrogens with zero attached hydrogens (tertiary/aromatic N) is 1. The second-order valence-corrected chi connectivity index (χ2v) is 8.88. The fraction of sp³-hybridized carbons (Fsp3) is 0.400. The lowest BCUT2D eigenvalue weighted by molar-refractivity contribution is -0.142. The Kier molecular flexibility index (Phi) is 8.83. The van der Waals surface area contributed by atoms with E-state index in [4.69, 9.17) is 11.6 Å². The number of carbonyl (C=O) groups excluding carboxylic acids is 2. The Labute approximate surface area is 197 Å². The van der Waals surface area contributed by atoms with Gasteiger partial charge in [0.25, 0.3) is 0 Å². The third-order valence-corrected chi connectivity index (χ3v) is 6.20. The lowest BCUT2D eigenvalue weighted by Gasteiger charge is -2.32. The van der Waals surface area contributed by atoms with Crippen molar-refractivity contribution in [2.45, 2.75) is 44.6 Å². The van der Waals surface area contributed by atoms with Crippen LogP contribution < -0.4 is 5.32 Å². The highest BCUT2D eigenvalue weighted by Crippen LogP contribution is 2.22. The monoisotopic (exact) mass is 474 g/mol. The minimum atomic E-state index is -1.09. The summed E-state index contributed by atoms with van der Waals surface area (Å²) < 4.78 is 13.3. The molecule has 3 rings (SSSR count). The summed E-state index contributed by atoms with van der Waals surface area (Å²) >= 11 is 5.86. The second-order valence-electron chi connectivity index (χ2n) is 8.45. The number of benzene rings is 2. The van der Waals surface area contributed by atoms with Crippen LogP contribution in [0.2, 0.25) is 5.02 Å². The minimum Gasteiger partial charge on any atom is -0.480 e. The van der Waals surface area contributed by atoms with Gasteiger partial charge in [-0.15, -0.1) is 0 Å². The SMILES string of the molecule is O=C(CC1CCN(C(=O)CCc2cccc(F)c2)CC1)NC(Cc1ccc(Cl)cc1)C(=O)O. The topological polar surface area (TPSA) is 86.7 Å². The van der Waals surface area contributed by atoms with Gasteiger partial charge in [0.1, 0.15) is 11.9 Å². The number of carboxylic acids is 1. The summed E-state index contributed by atoms with van der Waals surface area (Å²) in [6.45, 7) is 1.13. The number of hydrogen-bond acceptors (Lipinski definition) is 3. The highest BCUT2D eigenvalue weighted by atomic mass is 35.5.